The third-order valence-corrected chi connectivity index (χ3v) is 2.53. The number of carbonyl (C=O) groups excluding carboxylic acids is 1. The molecule has 1 aromatic rings. The Labute approximate surface area is 85.9 Å². The zero-order chi connectivity index (χ0) is 8.97. The van der Waals surface area contributed by atoms with E-state index in [0.29, 0.717) is 0 Å². The Hall–Kier alpha value is -0.320. The summed E-state index contributed by atoms with van der Waals surface area (Å²) >= 11 is 2.35. The van der Waals surface area contributed by atoms with Gasteiger partial charge < -0.3 is 4.98 Å². The Bertz CT molecular complexity index is 267. The second kappa shape index (κ2) is 4.64. The fourth-order valence-corrected chi connectivity index (χ4v) is 1.58. The first-order valence-corrected chi connectivity index (χ1v) is 5.51. The van der Waals surface area contributed by atoms with E-state index in [-0.39, 0.29) is 5.78 Å². The number of halogens is 1. The van der Waals surface area contributed by atoms with E-state index in [0.717, 1.165) is 28.5 Å². The zero-order valence-corrected chi connectivity index (χ0v) is 9.22. The van der Waals surface area contributed by atoms with Crippen LogP contribution in [0.5, 0.6) is 0 Å². The highest BCUT2D eigenvalue weighted by Gasteiger charge is 2.06. The van der Waals surface area contributed by atoms with E-state index < -0.39 is 0 Å². The van der Waals surface area contributed by atoms with Crippen molar-refractivity contribution < 1.29 is 4.79 Å². The van der Waals surface area contributed by atoms with E-state index in [1.165, 1.54) is 0 Å². The van der Waals surface area contributed by atoms with Gasteiger partial charge in [-0.1, -0.05) is 22.6 Å². The van der Waals surface area contributed by atoms with Crippen LogP contribution in [0.15, 0.2) is 12.3 Å². The van der Waals surface area contributed by atoms with Gasteiger partial charge in [-0.15, -0.1) is 0 Å². The number of H-pyrrole nitrogens is 1. The summed E-state index contributed by atoms with van der Waals surface area (Å²) in [5.41, 5.74) is 1.93. The minimum Gasteiger partial charge on any atom is -0.359 e. The van der Waals surface area contributed by atoms with Crippen molar-refractivity contribution in [2.75, 3.05) is 4.43 Å². The van der Waals surface area contributed by atoms with Gasteiger partial charge in [0.25, 0.3) is 0 Å². The molecule has 2 nitrogen and oxygen atoms in total. The number of hydrogen-bond donors (Lipinski definition) is 1. The van der Waals surface area contributed by atoms with E-state index in [2.05, 4.69) is 27.6 Å². The Morgan fingerprint density at radius 3 is 3.00 bits per heavy atom. The molecule has 0 aliphatic heterocycles. The SMILES string of the molecule is CC(=O)c1[nH]ccc1CCCI. The second-order valence-corrected chi connectivity index (χ2v) is 3.81. The number of rotatable bonds is 4. The van der Waals surface area contributed by atoms with Crippen LogP contribution in [-0.4, -0.2) is 15.2 Å². The average molecular weight is 277 g/mol. The largest absolute Gasteiger partial charge is 0.359 e. The molecule has 0 saturated heterocycles. The van der Waals surface area contributed by atoms with E-state index in [4.69, 9.17) is 0 Å². The molecule has 0 unspecified atom stereocenters. The first-order valence-electron chi connectivity index (χ1n) is 3.99. The van der Waals surface area contributed by atoms with Crippen LogP contribution in [-0.2, 0) is 6.42 Å². The van der Waals surface area contributed by atoms with E-state index in [1.54, 1.807) is 6.92 Å². The van der Waals surface area contributed by atoms with Gasteiger partial charge in [-0.3, -0.25) is 4.79 Å². The van der Waals surface area contributed by atoms with Crippen LogP contribution in [0.2, 0.25) is 0 Å². The smallest absolute Gasteiger partial charge is 0.176 e. The van der Waals surface area contributed by atoms with Crippen molar-refractivity contribution in [2.24, 2.45) is 0 Å². The maximum Gasteiger partial charge on any atom is 0.176 e. The van der Waals surface area contributed by atoms with Crippen LogP contribution >= 0.6 is 22.6 Å². The van der Waals surface area contributed by atoms with Gasteiger partial charge >= 0.3 is 0 Å². The van der Waals surface area contributed by atoms with Crippen molar-refractivity contribution in [3.8, 4) is 0 Å². The number of nitrogens with one attached hydrogen (secondary N) is 1. The highest BCUT2D eigenvalue weighted by atomic mass is 127. The molecule has 3 heteroatoms. The molecule has 0 aromatic carbocycles. The fraction of sp³-hybridized carbons (Fsp3) is 0.444. The summed E-state index contributed by atoms with van der Waals surface area (Å²) in [6.07, 6.45) is 3.97. The standard InChI is InChI=1S/C9H12INO/c1-7(12)9-8(3-2-5-10)4-6-11-9/h4,6,11H,2-3,5H2,1H3. The monoisotopic (exact) mass is 277 g/mol. The third kappa shape index (κ3) is 2.33. The molecule has 0 aliphatic carbocycles. The normalized spacial score (nSPS) is 10.2. The maximum atomic E-state index is 11.1. The molecule has 1 heterocycles. The lowest BCUT2D eigenvalue weighted by atomic mass is 10.1. The van der Waals surface area contributed by atoms with Crippen LogP contribution in [0.1, 0.15) is 29.4 Å². The first kappa shape index (κ1) is 9.77. The molecule has 0 saturated carbocycles. The lowest BCUT2D eigenvalue weighted by molar-refractivity contribution is 0.101. The average Bonchev–Trinajstić information content (AvgIpc) is 2.48. The molecule has 1 N–H and O–H groups in total. The summed E-state index contributed by atoms with van der Waals surface area (Å²) in [4.78, 5) is 14.0. The summed E-state index contributed by atoms with van der Waals surface area (Å²) in [6, 6.07) is 1.99. The summed E-state index contributed by atoms with van der Waals surface area (Å²) in [5.74, 6) is 0.128. The maximum absolute atomic E-state index is 11.1. The van der Waals surface area contributed by atoms with Gasteiger partial charge in [0.2, 0.25) is 0 Å². The molecular formula is C9H12INO. The molecule has 0 fully saturated rings. The topological polar surface area (TPSA) is 32.9 Å². The first-order chi connectivity index (χ1) is 5.75. The number of hydrogen-bond acceptors (Lipinski definition) is 1. The molecule has 0 aliphatic rings. The predicted molar refractivity (Wildman–Crippen MR) is 58.0 cm³/mol. The second-order valence-electron chi connectivity index (χ2n) is 2.73. The van der Waals surface area contributed by atoms with Crippen LogP contribution in [0.4, 0.5) is 0 Å². The Kier molecular flexibility index (Phi) is 3.78. The van der Waals surface area contributed by atoms with E-state index in [1.807, 2.05) is 12.3 Å². The molecule has 0 amide bonds. The zero-order valence-electron chi connectivity index (χ0n) is 7.06. The van der Waals surface area contributed by atoms with Crippen LogP contribution < -0.4 is 0 Å². The van der Waals surface area contributed by atoms with Crippen molar-refractivity contribution in [3.63, 3.8) is 0 Å². The third-order valence-electron chi connectivity index (χ3n) is 1.77. The van der Waals surface area contributed by atoms with Gasteiger partial charge in [0.1, 0.15) is 0 Å². The van der Waals surface area contributed by atoms with Gasteiger partial charge in [-0.25, -0.2) is 0 Å². The van der Waals surface area contributed by atoms with Crippen molar-refractivity contribution in [2.45, 2.75) is 19.8 Å². The summed E-state index contributed by atoms with van der Waals surface area (Å²) < 4.78 is 1.14. The summed E-state index contributed by atoms with van der Waals surface area (Å²) in [7, 11) is 0. The number of Topliss-reactive ketones (excluding diaryl/α,β-unsaturated/α-hetero) is 1. The number of aromatic amines is 1. The van der Waals surface area contributed by atoms with Crippen LogP contribution in [0.3, 0.4) is 0 Å². The van der Waals surface area contributed by atoms with Crippen molar-refractivity contribution in [3.05, 3.63) is 23.5 Å². The van der Waals surface area contributed by atoms with Crippen molar-refractivity contribution in [1.82, 2.24) is 4.98 Å². The van der Waals surface area contributed by atoms with Crippen molar-refractivity contribution in [1.29, 1.82) is 0 Å². The molecule has 0 spiro atoms. The van der Waals surface area contributed by atoms with Crippen molar-refractivity contribution >= 4 is 28.4 Å². The Morgan fingerprint density at radius 1 is 1.67 bits per heavy atom. The fourth-order valence-electron chi connectivity index (χ4n) is 1.19. The molecule has 12 heavy (non-hydrogen) atoms. The van der Waals surface area contributed by atoms with Crippen LogP contribution in [0.25, 0.3) is 0 Å². The molecule has 1 aromatic heterocycles. The summed E-state index contributed by atoms with van der Waals surface area (Å²) in [6.45, 7) is 1.60. The van der Waals surface area contributed by atoms with Crippen LogP contribution in [0, 0.1) is 0 Å². The van der Waals surface area contributed by atoms with E-state index in [9.17, 15) is 4.79 Å². The minimum atomic E-state index is 0.128. The highest BCUT2D eigenvalue weighted by molar-refractivity contribution is 14.1. The van der Waals surface area contributed by atoms with Gasteiger partial charge in [-0.2, -0.15) is 0 Å². The molecule has 0 radical (unpaired) electrons. The van der Waals surface area contributed by atoms with Gasteiger partial charge in [0, 0.05) is 13.1 Å². The van der Waals surface area contributed by atoms with Gasteiger partial charge in [-0.05, 0) is 28.9 Å². The molecular weight excluding hydrogens is 265 g/mol. The quantitative estimate of drug-likeness (QED) is 0.512. The number of aryl methyl sites for hydroxylation is 1. The molecule has 66 valence electrons. The Balaban J connectivity index is 2.70. The number of aromatic nitrogens is 1. The lowest BCUT2D eigenvalue weighted by Crippen LogP contribution is -1.98. The minimum absolute atomic E-state index is 0.128. The molecule has 0 atom stereocenters. The number of ketones is 1. The van der Waals surface area contributed by atoms with E-state index >= 15 is 0 Å². The number of alkyl halides is 1. The molecule has 0 bridgehead atoms. The summed E-state index contributed by atoms with van der Waals surface area (Å²) in [5, 5.41) is 0. The molecule has 1 rings (SSSR count). The van der Waals surface area contributed by atoms with Gasteiger partial charge in [0.05, 0.1) is 5.69 Å². The number of carbonyl (C=O) groups is 1. The lowest BCUT2D eigenvalue weighted by Gasteiger charge is -1.97. The Morgan fingerprint density at radius 2 is 2.42 bits per heavy atom. The van der Waals surface area contributed by atoms with Gasteiger partial charge in [0.15, 0.2) is 5.78 Å². The highest BCUT2D eigenvalue weighted by Crippen LogP contribution is 2.10. The predicted octanol–water partition coefficient (Wildman–Crippen LogP) is 2.58.